The van der Waals surface area contributed by atoms with Crippen molar-refractivity contribution in [3.63, 3.8) is 0 Å². The maximum Gasteiger partial charge on any atom is 0.244 e. The monoisotopic (exact) mass is 265 g/mol. The SMILES string of the molecule is CN(C1CCCC1)S(=O)(=O)c1ccc(C#N)nc1. The molecule has 0 spiro atoms. The summed E-state index contributed by atoms with van der Waals surface area (Å²) in [5.74, 6) is 0. The summed E-state index contributed by atoms with van der Waals surface area (Å²) in [5.41, 5.74) is 0.220. The quantitative estimate of drug-likeness (QED) is 0.830. The standard InChI is InChI=1S/C12H15N3O2S/c1-15(11-4-2-3-5-11)18(16,17)12-7-6-10(8-13)14-9-12/h6-7,9,11H,2-5H2,1H3. The van der Waals surface area contributed by atoms with E-state index in [4.69, 9.17) is 5.26 Å². The van der Waals surface area contributed by atoms with Gasteiger partial charge in [-0.15, -0.1) is 0 Å². The van der Waals surface area contributed by atoms with Crippen molar-refractivity contribution in [3.05, 3.63) is 24.0 Å². The summed E-state index contributed by atoms with van der Waals surface area (Å²) >= 11 is 0. The van der Waals surface area contributed by atoms with Crippen molar-refractivity contribution in [1.82, 2.24) is 9.29 Å². The molecule has 1 heterocycles. The van der Waals surface area contributed by atoms with Gasteiger partial charge in [0.1, 0.15) is 16.7 Å². The van der Waals surface area contributed by atoms with Crippen LogP contribution in [-0.4, -0.2) is 30.8 Å². The molecule has 6 heteroatoms. The van der Waals surface area contributed by atoms with E-state index in [1.54, 1.807) is 7.05 Å². The van der Waals surface area contributed by atoms with E-state index >= 15 is 0 Å². The first-order chi connectivity index (χ1) is 8.55. The molecule has 0 N–H and O–H groups in total. The average Bonchev–Trinajstić information content (AvgIpc) is 2.91. The van der Waals surface area contributed by atoms with Gasteiger partial charge in [-0.2, -0.15) is 9.57 Å². The van der Waals surface area contributed by atoms with Crippen molar-refractivity contribution in [2.24, 2.45) is 0 Å². The predicted molar refractivity (Wildman–Crippen MR) is 66.2 cm³/mol. The van der Waals surface area contributed by atoms with Crippen LogP contribution >= 0.6 is 0 Å². The lowest BCUT2D eigenvalue weighted by Gasteiger charge is -2.23. The predicted octanol–water partition coefficient (Wildman–Crippen LogP) is 1.52. The molecule has 18 heavy (non-hydrogen) atoms. The molecule has 0 aromatic carbocycles. The van der Waals surface area contributed by atoms with Gasteiger partial charge in [0, 0.05) is 19.3 Å². The zero-order chi connectivity index (χ0) is 13.2. The average molecular weight is 265 g/mol. The van der Waals surface area contributed by atoms with Gasteiger partial charge >= 0.3 is 0 Å². The maximum absolute atomic E-state index is 12.3. The van der Waals surface area contributed by atoms with Gasteiger partial charge in [0.25, 0.3) is 0 Å². The van der Waals surface area contributed by atoms with Gasteiger partial charge in [0.05, 0.1) is 0 Å². The first-order valence-electron chi connectivity index (χ1n) is 5.90. The van der Waals surface area contributed by atoms with E-state index in [9.17, 15) is 8.42 Å². The van der Waals surface area contributed by atoms with E-state index in [1.165, 1.54) is 22.6 Å². The van der Waals surface area contributed by atoms with Crippen LogP contribution in [0.2, 0.25) is 0 Å². The lowest BCUT2D eigenvalue weighted by molar-refractivity contribution is 0.373. The minimum absolute atomic E-state index is 0.0886. The maximum atomic E-state index is 12.3. The molecule has 1 aliphatic carbocycles. The van der Waals surface area contributed by atoms with Crippen LogP contribution < -0.4 is 0 Å². The van der Waals surface area contributed by atoms with Gasteiger partial charge in [-0.3, -0.25) is 0 Å². The van der Waals surface area contributed by atoms with Crippen LogP contribution in [0.4, 0.5) is 0 Å². The smallest absolute Gasteiger partial charge is 0.244 e. The third-order valence-corrected chi connectivity index (χ3v) is 5.26. The number of hydrogen-bond acceptors (Lipinski definition) is 4. The normalized spacial score (nSPS) is 16.9. The minimum Gasteiger partial charge on any atom is -0.244 e. The lowest BCUT2D eigenvalue weighted by Crippen LogP contribution is -2.35. The number of pyridine rings is 1. The molecule has 1 aromatic heterocycles. The van der Waals surface area contributed by atoms with Crippen molar-refractivity contribution in [1.29, 1.82) is 5.26 Å². The zero-order valence-corrected chi connectivity index (χ0v) is 11.0. The van der Waals surface area contributed by atoms with Gasteiger partial charge in [-0.1, -0.05) is 12.8 Å². The molecule has 0 radical (unpaired) electrons. The van der Waals surface area contributed by atoms with Gasteiger partial charge in [0.15, 0.2) is 0 Å². The zero-order valence-electron chi connectivity index (χ0n) is 10.2. The van der Waals surface area contributed by atoms with E-state index in [-0.39, 0.29) is 16.6 Å². The molecule has 0 saturated heterocycles. The molecule has 2 rings (SSSR count). The molecule has 0 bridgehead atoms. The van der Waals surface area contributed by atoms with Crippen LogP contribution in [0, 0.1) is 11.3 Å². The van der Waals surface area contributed by atoms with Crippen LogP contribution in [0.1, 0.15) is 31.4 Å². The molecule has 0 amide bonds. The lowest BCUT2D eigenvalue weighted by atomic mass is 10.3. The second-order valence-corrected chi connectivity index (χ2v) is 6.45. The first-order valence-corrected chi connectivity index (χ1v) is 7.34. The second-order valence-electron chi connectivity index (χ2n) is 4.45. The van der Waals surface area contributed by atoms with Crippen LogP contribution in [0.25, 0.3) is 0 Å². The highest BCUT2D eigenvalue weighted by Gasteiger charge is 2.30. The fraction of sp³-hybridized carbons (Fsp3) is 0.500. The molecule has 0 atom stereocenters. The number of rotatable bonds is 3. The fourth-order valence-corrected chi connectivity index (χ4v) is 3.59. The Hall–Kier alpha value is -1.45. The molecule has 1 fully saturated rings. The van der Waals surface area contributed by atoms with Crippen molar-refractivity contribution >= 4 is 10.0 Å². The fourth-order valence-electron chi connectivity index (χ4n) is 2.23. The van der Waals surface area contributed by atoms with Crippen molar-refractivity contribution in [2.45, 2.75) is 36.6 Å². The van der Waals surface area contributed by atoms with Crippen molar-refractivity contribution in [3.8, 4) is 6.07 Å². The summed E-state index contributed by atoms with van der Waals surface area (Å²) in [5, 5.41) is 8.64. The van der Waals surface area contributed by atoms with Crippen LogP contribution in [0.5, 0.6) is 0 Å². The summed E-state index contributed by atoms with van der Waals surface area (Å²) in [6.45, 7) is 0. The molecular formula is C12H15N3O2S. The Bertz CT molecular complexity index is 554. The highest BCUT2D eigenvalue weighted by atomic mass is 32.2. The molecule has 96 valence electrons. The van der Waals surface area contributed by atoms with Gasteiger partial charge in [0.2, 0.25) is 10.0 Å². The Balaban J connectivity index is 2.26. The summed E-state index contributed by atoms with van der Waals surface area (Å²) in [4.78, 5) is 3.95. The number of nitrogens with zero attached hydrogens (tertiary/aromatic N) is 3. The Labute approximate surface area is 107 Å². The Morgan fingerprint density at radius 2 is 2.06 bits per heavy atom. The molecule has 1 aliphatic rings. The topological polar surface area (TPSA) is 74.1 Å². The van der Waals surface area contributed by atoms with Gasteiger partial charge in [-0.05, 0) is 25.0 Å². The first kappa shape index (κ1) is 13.0. The molecule has 0 aliphatic heterocycles. The van der Waals surface area contributed by atoms with E-state index < -0.39 is 10.0 Å². The van der Waals surface area contributed by atoms with Crippen LogP contribution in [0.3, 0.4) is 0 Å². The summed E-state index contributed by atoms with van der Waals surface area (Å²) in [6, 6.07) is 4.82. The van der Waals surface area contributed by atoms with Crippen molar-refractivity contribution in [2.75, 3.05) is 7.05 Å². The van der Waals surface area contributed by atoms with Crippen LogP contribution in [0.15, 0.2) is 23.2 Å². The van der Waals surface area contributed by atoms with Crippen molar-refractivity contribution < 1.29 is 8.42 Å². The highest BCUT2D eigenvalue weighted by Crippen LogP contribution is 2.26. The minimum atomic E-state index is -3.49. The molecule has 0 unspecified atom stereocenters. The Kier molecular flexibility index (Phi) is 3.64. The molecule has 1 aromatic rings. The third-order valence-electron chi connectivity index (χ3n) is 3.37. The number of sulfonamides is 1. The molecule has 5 nitrogen and oxygen atoms in total. The van der Waals surface area contributed by atoms with Crippen LogP contribution in [-0.2, 0) is 10.0 Å². The number of hydrogen-bond donors (Lipinski definition) is 0. The number of aromatic nitrogens is 1. The Morgan fingerprint density at radius 3 is 2.56 bits per heavy atom. The van der Waals surface area contributed by atoms with E-state index in [0.29, 0.717) is 0 Å². The van der Waals surface area contributed by atoms with E-state index in [0.717, 1.165) is 25.7 Å². The largest absolute Gasteiger partial charge is 0.244 e. The second kappa shape index (κ2) is 5.04. The van der Waals surface area contributed by atoms with E-state index in [2.05, 4.69) is 4.98 Å². The van der Waals surface area contributed by atoms with Gasteiger partial charge in [-0.25, -0.2) is 13.4 Å². The Morgan fingerprint density at radius 1 is 1.39 bits per heavy atom. The third kappa shape index (κ3) is 2.37. The summed E-state index contributed by atoms with van der Waals surface area (Å²) in [6.07, 6.45) is 5.24. The van der Waals surface area contributed by atoms with Gasteiger partial charge < -0.3 is 0 Å². The highest BCUT2D eigenvalue weighted by molar-refractivity contribution is 7.89. The molecule has 1 saturated carbocycles. The number of nitriles is 1. The van der Waals surface area contributed by atoms with E-state index in [1.807, 2.05) is 6.07 Å². The summed E-state index contributed by atoms with van der Waals surface area (Å²) < 4.78 is 26.1. The molecular weight excluding hydrogens is 250 g/mol. The summed E-state index contributed by atoms with van der Waals surface area (Å²) in [7, 11) is -1.87.